The maximum absolute atomic E-state index is 11.8. The summed E-state index contributed by atoms with van der Waals surface area (Å²) < 4.78 is 6.90. The van der Waals surface area contributed by atoms with Gasteiger partial charge in [0.1, 0.15) is 0 Å². The maximum Gasteiger partial charge on any atom is 0.337 e. The molecule has 7 nitrogen and oxygen atoms in total. The highest BCUT2D eigenvalue weighted by Gasteiger charge is 2.41. The van der Waals surface area contributed by atoms with Crippen LogP contribution in [0, 0.1) is 5.92 Å². The van der Waals surface area contributed by atoms with Gasteiger partial charge in [0.25, 0.3) is 0 Å². The molecule has 200 valence electrons. The third-order valence-corrected chi connectivity index (χ3v) is 8.51. The van der Waals surface area contributed by atoms with Gasteiger partial charge in [-0.15, -0.1) is 0 Å². The monoisotopic (exact) mass is 539 g/mol. The standard InChI is InChI=1S/C31H33N5O2S/c1-35-29(17-28(34-35)23-11-10-20-6-3-4-7-21(20)14-23)27-19-36-13-12-22(27)16-26(36)18-32-31(39)33-25-9-5-8-24(15-25)30(37)38-2/h3-11,14-15,17,22,26-27H,12-13,16,18-19H2,1-2H3,(H2,32,33,39)/t22-,26+,27-/m0/s1. The Hall–Kier alpha value is -3.75. The van der Waals surface area contributed by atoms with Crippen molar-refractivity contribution in [3.63, 3.8) is 0 Å². The number of piperidine rings is 3. The summed E-state index contributed by atoms with van der Waals surface area (Å²) in [6.45, 7) is 2.94. The smallest absolute Gasteiger partial charge is 0.337 e. The van der Waals surface area contributed by atoms with E-state index in [9.17, 15) is 4.79 Å². The zero-order chi connectivity index (χ0) is 26.9. The summed E-state index contributed by atoms with van der Waals surface area (Å²) in [5, 5.41) is 14.6. The molecule has 4 heterocycles. The number of nitrogens with one attached hydrogen (secondary N) is 2. The molecule has 0 aliphatic carbocycles. The number of aryl methyl sites for hydroxylation is 1. The SMILES string of the molecule is COC(=O)c1cccc(NC(=S)NC[C@H]2C[C@@H]3CCN2C[C@@H]3c2cc(-c3ccc4ccccc4c3)nn2C)c1. The third kappa shape index (κ3) is 5.27. The largest absolute Gasteiger partial charge is 0.465 e. The van der Waals surface area contributed by atoms with Crippen molar-refractivity contribution in [2.45, 2.75) is 24.8 Å². The fraction of sp³-hybridized carbons (Fsp3) is 0.323. The number of anilines is 1. The lowest BCUT2D eigenvalue weighted by atomic mass is 9.74. The highest BCUT2D eigenvalue weighted by molar-refractivity contribution is 7.80. The number of rotatable bonds is 6. The van der Waals surface area contributed by atoms with E-state index in [1.54, 1.807) is 12.1 Å². The molecule has 3 fully saturated rings. The molecule has 0 spiro atoms. The Morgan fingerprint density at radius 1 is 1.08 bits per heavy atom. The van der Waals surface area contributed by atoms with E-state index in [-0.39, 0.29) is 5.97 Å². The number of carbonyl (C=O) groups excluding carboxylic acids is 1. The van der Waals surface area contributed by atoms with E-state index in [0.717, 1.165) is 43.0 Å². The fourth-order valence-corrected chi connectivity index (χ4v) is 6.43. The van der Waals surface area contributed by atoms with E-state index in [1.807, 2.05) is 12.1 Å². The Labute approximate surface area is 234 Å². The number of hydrogen-bond donors (Lipinski definition) is 2. The second-order valence-corrected chi connectivity index (χ2v) is 11.0. The topological polar surface area (TPSA) is 71.4 Å². The number of benzene rings is 3. The molecule has 0 radical (unpaired) electrons. The summed E-state index contributed by atoms with van der Waals surface area (Å²) >= 11 is 5.55. The molecule has 3 aromatic carbocycles. The average Bonchev–Trinajstić information content (AvgIpc) is 3.37. The lowest BCUT2D eigenvalue weighted by Crippen LogP contribution is -2.56. The Bertz CT molecular complexity index is 1530. The van der Waals surface area contributed by atoms with Crippen molar-refractivity contribution in [1.29, 1.82) is 0 Å². The highest BCUT2D eigenvalue weighted by atomic mass is 32.1. The molecule has 1 unspecified atom stereocenters. The van der Waals surface area contributed by atoms with Crippen LogP contribution in [0.3, 0.4) is 0 Å². The van der Waals surface area contributed by atoms with Crippen LogP contribution in [0.15, 0.2) is 72.8 Å². The van der Waals surface area contributed by atoms with Crippen molar-refractivity contribution in [1.82, 2.24) is 20.0 Å². The minimum atomic E-state index is -0.365. The first-order chi connectivity index (χ1) is 19.0. The number of esters is 1. The number of methoxy groups -OCH3 is 1. The van der Waals surface area contributed by atoms with Gasteiger partial charge in [0, 0.05) is 49.0 Å². The van der Waals surface area contributed by atoms with Gasteiger partial charge in [-0.3, -0.25) is 9.58 Å². The molecule has 8 heteroatoms. The zero-order valence-corrected chi connectivity index (χ0v) is 23.1. The number of nitrogens with zero attached hydrogens (tertiary/aromatic N) is 3. The van der Waals surface area contributed by atoms with Gasteiger partial charge >= 0.3 is 5.97 Å². The van der Waals surface area contributed by atoms with Crippen LogP contribution in [0.1, 0.15) is 34.8 Å². The first-order valence-corrected chi connectivity index (χ1v) is 13.9. The summed E-state index contributed by atoms with van der Waals surface area (Å²) in [4.78, 5) is 14.4. The van der Waals surface area contributed by atoms with E-state index in [4.69, 9.17) is 22.1 Å². The molecule has 2 bridgehead atoms. The molecule has 3 aliphatic rings. The molecule has 7 rings (SSSR count). The van der Waals surface area contributed by atoms with Gasteiger partial charge in [-0.05, 0) is 78.6 Å². The predicted molar refractivity (Wildman–Crippen MR) is 159 cm³/mol. The molecule has 2 N–H and O–H groups in total. The second-order valence-electron chi connectivity index (χ2n) is 10.6. The molecular weight excluding hydrogens is 506 g/mol. The molecule has 0 amide bonds. The van der Waals surface area contributed by atoms with Gasteiger partial charge in [-0.1, -0.05) is 42.5 Å². The second kappa shape index (κ2) is 10.8. The molecule has 0 saturated carbocycles. The lowest BCUT2D eigenvalue weighted by Gasteiger charge is -2.50. The number of aromatic nitrogens is 2. The molecular formula is C31H33N5O2S. The van der Waals surface area contributed by atoms with Gasteiger partial charge < -0.3 is 15.4 Å². The first-order valence-electron chi connectivity index (χ1n) is 13.5. The Morgan fingerprint density at radius 2 is 1.92 bits per heavy atom. The molecule has 4 aromatic rings. The van der Waals surface area contributed by atoms with Crippen LogP contribution in [0.5, 0.6) is 0 Å². The van der Waals surface area contributed by atoms with Gasteiger partial charge in [0.05, 0.1) is 18.4 Å². The maximum atomic E-state index is 11.8. The van der Waals surface area contributed by atoms with E-state index < -0.39 is 0 Å². The summed E-state index contributed by atoms with van der Waals surface area (Å²) in [7, 11) is 3.46. The van der Waals surface area contributed by atoms with Crippen molar-refractivity contribution < 1.29 is 9.53 Å². The number of thiocarbonyl (C=S) groups is 1. The molecule has 4 atom stereocenters. The lowest BCUT2D eigenvalue weighted by molar-refractivity contribution is 0.0303. The molecule has 39 heavy (non-hydrogen) atoms. The van der Waals surface area contributed by atoms with Crippen LogP contribution >= 0.6 is 12.2 Å². The summed E-state index contributed by atoms with van der Waals surface area (Å²) in [5.74, 6) is 0.740. The normalized spacial score (nSPS) is 22.0. The van der Waals surface area contributed by atoms with E-state index in [0.29, 0.717) is 28.6 Å². The van der Waals surface area contributed by atoms with Crippen LogP contribution < -0.4 is 10.6 Å². The van der Waals surface area contributed by atoms with Crippen LogP contribution in [-0.4, -0.2) is 58.5 Å². The molecule has 3 aliphatic heterocycles. The number of hydrogen-bond acceptors (Lipinski definition) is 5. The van der Waals surface area contributed by atoms with Crippen molar-refractivity contribution in [2.75, 3.05) is 32.1 Å². The predicted octanol–water partition coefficient (Wildman–Crippen LogP) is 5.19. The average molecular weight is 540 g/mol. The van der Waals surface area contributed by atoms with Crippen LogP contribution in [-0.2, 0) is 11.8 Å². The van der Waals surface area contributed by atoms with Gasteiger partial charge in [0.2, 0.25) is 0 Å². The quantitative estimate of drug-likeness (QED) is 0.258. The highest BCUT2D eigenvalue weighted by Crippen LogP contribution is 2.42. The van der Waals surface area contributed by atoms with Crippen molar-refractivity contribution >= 4 is 39.8 Å². The zero-order valence-electron chi connectivity index (χ0n) is 22.3. The van der Waals surface area contributed by atoms with E-state index in [2.05, 4.69) is 75.8 Å². The third-order valence-electron chi connectivity index (χ3n) is 8.26. The van der Waals surface area contributed by atoms with Crippen molar-refractivity contribution in [2.24, 2.45) is 13.0 Å². The van der Waals surface area contributed by atoms with Crippen molar-refractivity contribution in [3.05, 3.63) is 84.1 Å². The number of fused-ring (bicyclic) bond motifs is 4. The van der Waals surface area contributed by atoms with Gasteiger partial charge in [-0.25, -0.2) is 4.79 Å². The fourth-order valence-electron chi connectivity index (χ4n) is 6.23. The van der Waals surface area contributed by atoms with E-state index >= 15 is 0 Å². The Morgan fingerprint density at radius 3 is 2.72 bits per heavy atom. The molecule has 3 saturated heterocycles. The Balaban J connectivity index is 1.09. The van der Waals surface area contributed by atoms with Crippen LogP contribution in [0.4, 0.5) is 5.69 Å². The van der Waals surface area contributed by atoms with Crippen molar-refractivity contribution in [3.8, 4) is 11.3 Å². The number of carbonyl (C=O) groups is 1. The van der Waals surface area contributed by atoms with Crippen LogP contribution in [0.2, 0.25) is 0 Å². The Kier molecular flexibility index (Phi) is 7.06. The minimum absolute atomic E-state index is 0.365. The first kappa shape index (κ1) is 25.5. The molecule has 1 aromatic heterocycles. The minimum Gasteiger partial charge on any atom is -0.465 e. The summed E-state index contributed by atoms with van der Waals surface area (Å²) in [5.41, 5.74) is 4.78. The number of ether oxygens (including phenoxy) is 1. The van der Waals surface area contributed by atoms with Gasteiger partial charge in [-0.2, -0.15) is 5.10 Å². The summed E-state index contributed by atoms with van der Waals surface area (Å²) in [6, 6.07) is 25.0. The van der Waals surface area contributed by atoms with Crippen LogP contribution in [0.25, 0.3) is 22.0 Å². The van der Waals surface area contributed by atoms with Gasteiger partial charge in [0.15, 0.2) is 5.11 Å². The summed E-state index contributed by atoms with van der Waals surface area (Å²) in [6.07, 6.45) is 2.34. The van der Waals surface area contributed by atoms with E-state index in [1.165, 1.54) is 30.0 Å².